The minimum atomic E-state index is -1.03. The fourth-order valence-corrected chi connectivity index (χ4v) is 4.63. The SMILES string of the molecule is COCCNC(=O)C(c1ccc(F)cc1)N(C(=O)c1snc(C(N)=O)c1N)C1CCCC1. The predicted octanol–water partition coefficient (Wildman–Crippen LogP) is 1.85. The molecule has 1 unspecified atom stereocenters. The van der Waals surface area contributed by atoms with Crippen molar-refractivity contribution in [2.24, 2.45) is 5.73 Å². The van der Waals surface area contributed by atoms with Gasteiger partial charge in [0.25, 0.3) is 11.8 Å². The third-order valence-electron chi connectivity index (χ3n) is 5.43. The first-order valence-corrected chi connectivity index (χ1v) is 11.0. The maximum absolute atomic E-state index is 13.7. The zero-order chi connectivity index (χ0) is 23.3. The van der Waals surface area contributed by atoms with Crippen LogP contribution in [0.3, 0.4) is 0 Å². The van der Waals surface area contributed by atoms with Crippen molar-refractivity contribution in [1.82, 2.24) is 14.6 Å². The number of anilines is 1. The molecule has 11 heteroatoms. The average molecular weight is 464 g/mol. The van der Waals surface area contributed by atoms with Crippen LogP contribution in [0.1, 0.15) is 57.4 Å². The van der Waals surface area contributed by atoms with Crippen molar-refractivity contribution in [3.05, 3.63) is 46.2 Å². The number of amides is 3. The molecule has 2 aromatic rings. The molecule has 0 saturated heterocycles. The molecule has 3 rings (SSSR count). The molecule has 0 aliphatic heterocycles. The number of nitrogens with one attached hydrogen (secondary N) is 1. The number of aromatic nitrogens is 1. The molecule has 1 atom stereocenters. The van der Waals surface area contributed by atoms with Crippen LogP contribution in [0.25, 0.3) is 0 Å². The first kappa shape index (κ1) is 23.6. The molecule has 0 radical (unpaired) electrons. The van der Waals surface area contributed by atoms with Crippen LogP contribution in [0.5, 0.6) is 0 Å². The number of benzene rings is 1. The number of hydrogen-bond donors (Lipinski definition) is 3. The summed E-state index contributed by atoms with van der Waals surface area (Å²) in [6.45, 7) is 0.539. The standard InChI is InChI=1S/C21H26FN5O4S/c1-31-11-10-25-20(29)17(12-6-8-13(22)9-7-12)27(14-4-2-3-5-14)21(30)18-15(23)16(19(24)28)26-32-18/h6-9,14,17H,2-5,10-11,23H2,1H3,(H2,24,28)(H,25,29). The van der Waals surface area contributed by atoms with E-state index in [0.717, 1.165) is 24.4 Å². The molecule has 1 heterocycles. The Balaban J connectivity index is 2.05. The fourth-order valence-electron chi connectivity index (χ4n) is 3.88. The lowest BCUT2D eigenvalue weighted by atomic mass is 10.0. The molecular weight excluding hydrogens is 437 g/mol. The van der Waals surface area contributed by atoms with E-state index in [1.165, 1.54) is 36.3 Å². The number of carbonyl (C=O) groups is 3. The summed E-state index contributed by atoms with van der Waals surface area (Å²) in [6.07, 6.45) is 3.22. The number of primary amides is 1. The Bertz CT molecular complexity index is 975. The number of carbonyl (C=O) groups excluding carboxylic acids is 3. The van der Waals surface area contributed by atoms with Gasteiger partial charge in [0.15, 0.2) is 5.69 Å². The second kappa shape index (κ2) is 10.5. The molecule has 0 bridgehead atoms. The molecule has 9 nitrogen and oxygen atoms in total. The van der Waals surface area contributed by atoms with E-state index in [-0.39, 0.29) is 28.8 Å². The van der Waals surface area contributed by atoms with Gasteiger partial charge in [0.05, 0.1) is 12.3 Å². The highest BCUT2D eigenvalue weighted by Crippen LogP contribution is 2.35. The lowest BCUT2D eigenvalue weighted by Gasteiger charge is -2.36. The summed E-state index contributed by atoms with van der Waals surface area (Å²) >= 11 is 0.769. The highest BCUT2D eigenvalue weighted by molar-refractivity contribution is 7.09. The summed E-state index contributed by atoms with van der Waals surface area (Å²) < 4.78 is 22.5. The molecule has 5 N–H and O–H groups in total. The van der Waals surface area contributed by atoms with E-state index >= 15 is 0 Å². The van der Waals surface area contributed by atoms with Crippen LogP contribution in [0.2, 0.25) is 0 Å². The molecule has 172 valence electrons. The largest absolute Gasteiger partial charge is 0.395 e. The molecule has 1 aliphatic rings. The quantitative estimate of drug-likeness (QED) is 0.485. The predicted molar refractivity (Wildman–Crippen MR) is 117 cm³/mol. The number of rotatable bonds is 9. The van der Waals surface area contributed by atoms with Crippen LogP contribution in [0, 0.1) is 5.82 Å². The van der Waals surface area contributed by atoms with E-state index < -0.39 is 29.6 Å². The third-order valence-corrected chi connectivity index (χ3v) is 6.28. The van der Waals surface area contributed by atoms with Crippen LogP contribution in [-0.2, 0) is 9.53 Å². The summed E-state index contributed by atoms with van der Waals surface area (Å²) in [6, 6.07) is 4.19. The van der Waals surface area contributed by atoms with Crippen molar-refractivity contribution in [3.8, 4) is 0 Å². The van der Waals surface area contributed by atoms with Gasteiger partial charge in [0.1, 0.15) is 16.7 Å². The summed E-state index contributed by atoms with van der Waals surface area (Å²) in [5.41, 5.74) is 11.5. The fraction of sp³-hybridized carbons (Fsp3) is 0.429. The van der Waals surface area contributed by atoms with Crippen LogP contribution >= 0.6 is 11.5 Å². The minimum absolute atomic E-state index is 0.0440. The maximum Gasteiger partial charge on any atom is 0.270 e. The summed E-state index contributed by atoms with van der Waals surface area (Å²) in [7, 11) is 1.51. The number of nitrogens with two attached hydrogens (primary N) is 2. The smallest absolute Gasteiger partial charge is 0.270 e. The first-order chi connectivity index (χ1) is 15.3. The Hall–Kier alpha value is -3.05. The van der Waals surface area contributed by atoms with Gasteiger partial charge in [-0.3, -0.25) is 14.4 Å². The highest BCUT2D eigenvalue weighted by atomic mass is 32.1. The van der Waals surface area contributed by atoms with E-state index in [1.54, 1.807) is 0 Å². The van der Waals surface area contributed by atoms with Crippen molar-refractivity contribution >= 4 is 34.9 Å². The van der Waals surface area contributed by atoms with Crippen molar-refractivity contribution in [1.29, 1.82) is 0 Å². The van der Waals surface area contributed by atoms with Crippen LogP contribution in [-0.4, -0.2) is 53.3 Å². The molecule has 1 saturated carbocycles. The first-order valence-electron chi connectivity index (χ1n) is 10.2. The number of nitrogen functional groups attached to an aromatic ring is 1. The number of hydrogen-bond acceptors (Lipinski definition) is 7. The Labute approximate surface area is 189 Å². The second-order valence-electron chi connectivity index (χ2n) is 7.53. The van der Waals surface area contributed by atoms with E-state index in [1.807, 2.05) is 0 Å². The van der Waals surface area contributed by atoms with Crippen LogP contribution in [0.15, 0.2) is 24.3 Å². The summed E-state index contributed by atoms with van der Waals surface area (Å²) in [5.74, 6) is -2.23. The number of nitrogens with zero attached hydrogens (tertiary/aromatic N) is 2. The van der Waals surface area contributed by atoms with E-state index in [9.17, 15) is 18.8 Å². The lowest BCUT2D eigenvalue weighted by Crippen LogP contribution is -2.48. The zero-order valence-electron chi connectivity index (χ0n) is 17.7. The van der Waals surface area contributed by atoms with E-state index in [4.69, 9.17) is 16.2 Å². The van der Waals surface area contributed by atoms with Crippen molar-refractivity contribution in [2.75, 3.05) is 26.0 Å². The van der Waals surface area contributed by atoms with Crippen molar-refractivity contribution in [2.45, 2.75) is 37.8 Å². The minimum Gasteiger partial charge on any atom is -0.395 e. The van der Waals surface area contributed by atoms with E-state index in [0.29, 0.717) is 25.0 Å². The average Bonchev–Trinajstić information content (AvgIpc) is 3.42. The molecule has 0 spiro atoms. The van der Waals surface area contributed by atoms with Gasteiger partial charge in [-0.25, -0.2) is 4.39 Å². The van der Waals surface area contributed by atoms with Gasteiger partial charge in [0, 0.05) is 19.7 Å². The summed E-state index contributed by atoms with van der Waals surface area (Å²) in [5, 5.41) is 2.78. The van der Waals surface area contributed by atoms with Gasteiger partial charge in [-0.2, -0.15) is 4.37 Å². The Morgan fingerprint density at radius 3 is 2.50 bits per heavy atom. The lowest BCUT2D eigenvalue weighted by molar-refractivity contribution is -0.126. The van der Waals surface area contributed by atoms with Gasteiger partial charge in [-0.05, 0) is 42.1 Å². The second-order valence-corrected chi connectivity index (χ2v) is 8.30. The number of ether oxygens (including phenoxy) is 1. The Kier molecular flexibility index (Phi) is 7.75. The molecule has 1 aromatic heterocycles. The van der Waals surface area contributed by atoms with Gasteiger partial charge in [-0.15, -0.1) is 0 Å². The van der Waals surface area contributed by atoms with Crippen LogP contribution < -0.4 is 16.8 Å². The van der Waals surface area contributed by atoms with E-state index in [2.05, 4.69) is 9.69 Å². The number of methoxy groups -OCH3 is 1. The van der Waals surface area contributed by atoms with Gasteiger partial charge in [-0.1, -0.05) is 25.0 Å². The van der Waals surface area contributed by atoms with Crippen LogP contribution in [0.4, 0.5) is 10.1 Å². The molecular formula is C21H26FN5O4S. The van der Waals surface area contributed by atoms with Gasteiger partial charge < -0.3 is 26.4 Å². The van der Waals surface area contributed by atoms with Gasteiger partial charge >= 0.3 is 0 Å². The van der Waals surface area contributed by atoms with Gasteiger partial charge in [0.2, 0.25) is 5.91 Å². The molecule has 32 heavy (non-hydrogen) atoms. The zero-order valence-corrected chi connectivity index (χ0v) is 18.5. The normalized spacial score (nSPS) is 14.8. The molecule has 1 fully saturated rings. The molecule has 1 aliphatic carbocycles. The topological polar surface area (TPSA) is 141 Å². The number of halogens is 1. The highest BCUT2D eigenvalue weighted by Gasteiger charge is 2.39. The summed E-state index contributed by atoms with van der Waals surface area (Å²) in [4.78, 5) is 40.1. The monoisotopic (exact) mass is 463 g/mol. The third kappa shape index (κ3) is 5.05. The maximum atomic E-state index is 13.7. The Morgan fingerprint density at radius 2 is 1.94 bits per heavy atom. The molecule has 1 aromatic carbocycles. The Morgan fingerprint density at radius 1 is 1.28 bits per heavy atom. The van der Waals surface area contributed by atoms with Crippen molar-refractivity contribution < 1.29 is 23.5 Å². The van der Waals surface area contributed by atoms with Crippen molar-refractivity contribution in [3.63, 3.8) is 0 Å². The molecule has 3 amide bonds.